The molecule has 2 heteroatoms. The fourth-order valence-corrected chi connectivity index (χ4v) is 2.25. The summed E-state index contributed by atoms with van der Waals surface area (Å²) in [4.78, 5) is 11.5. The van der Waals surface area contributed by atoms with Crippen LogP contribution in [0.1, 0.15) is 70.4 Å². The van der Waals surface area contributed by atoms with Gasteiger partial charge in [-0.3, -0.25) is 4.79 Å². The monoisotopic (exact) mass is 262 g/mol. The fourth-order valence-electron chi connectivity index (χ4n) is 2.25. The van der Waals surface area contributed by atoms with Gasteiger partial charge in [-0.05, 0) is 23.0 Å². The van der Waals surface area contributed by atoms with Crippen molar-refractivity contribution in [2.75, 3.05) is 0 Å². The zero-order valence-corrected chi connectivity index (χ0v) is 12.6. The third kappa shape index (κ3) is 4.70. The molecule has 1 atom stereocenters. The van der Waals surface area contributed by atoms with Crippen LogP contribution in [0.3, 0.4) is 0 Å². The van der Waals surface area contributed by atoms with Crippen molar-refractivity contribution in [1.82, 2.24) is 0 Å². The highest BCUT2D eigenvalue weighted by Gasteiger charge is 2.21. The third-order valence-electron chi connectivity index (χ3n) is 3.55. The lowest BCUT2D eigenvalue weighted by molar-refractivity contribution is -0.139. The van der Waals surface area contributed by atoms with Gasteiger partial charge in [-0.25, -0.2) is 0 Å². The maximum Gasteiger partial charge on any atom is 0.310 e. The Morgan fingerprint density at radius 1 is 1.26 bits per heavy atom. The van der Waals surface area contributed by atoms with Crippen LogP contribution in [0.4, 0.5) is 0 Å². The Morgan fingerprint density at radius 3 is 2.47 bits per heavy atom. The normalized spacial score (nSPS) is 13.3. The van der Waals surface area contributed by atoms with Gasteiger partial charge in [-0.1, -0.05) is 71.2 Å². The van der Waals surface area contributed by atoms with Crippen LogP contribution < -0.4 is 0 Å². The molecular weight excluding hydrogens is 236 g/mol. The summed E-state index contributed by atoms with van der Waals surface area (Å²) in [5, 5.41) is 9.42. The zero-order chi connectivity index (χ0) is 14.5. The van der Waals surface area contributed by atoms with E-state index >= 15 is 0 Å². The number of hydrogen-bond acceptors (Lipinski definition) is 1. The van der Waals surface area contributed by atoms with Gasteiger partial charge >= 0.3 is 5.97 Å². The van der Waals surface area contributed by atoms with Crippen LogP contribution in [0.2, 0.25) is 0 Å². The molecule has 0 bridgehead atoms. The molecule has 0 fully saturated rings. The third-order valence-corrected chi connectivity index (χ3v) is 3.55. The number of hydrogen-bond donors (Lipinski definition) is 1. The molecule has 0 aliphatic heterocycles. The summed E-state index contributed by atoms with van der Waals surface area (Å²) in [5.74, 6) is -1.07. The molecule has 1 aromatic rings. The summed E-state index contributed by atoms with van der Waals surface area (Å²) in [5.41, 5.74) is 2.20. The number of rotatable bonds is 6. The van der Waals surface area contributed by atoms with Crippen LogP contribution in [0.5, 0.6) is 0 Å². The molecule has 106 valence electrons. The average molecular weight is 262 g/mol. The second-order valence-electron chi connectivity index (χ2n) is 6.26. The molecule has 1 aromatic carbocycles. The standard InChI is InChI=1S/C17H26O2/c1-5-6-7-11-15(16(18)19)13-9-8-10-14(12-13)17(2,3)4/h8-10,12,15H,5-7,11H2,1-4H3,(H,18,19). The highest BCUT2D eigenvalue weighted by atomic mass is 16.4. The molecule has 0 spiro atoms. The Morgan fingerprint density at radius 2 is 1.95 bits per heavy atom. The van der Waals surface area contributed by atoms with Crippen molar-refractivity contribution in [2.24, 2.45) is 0 Å². The molecule has 2 nitrogen and oxygen atoms in total. The van der Waals surface area contributed by atoms with Gasteiger partial charge in [-0.2, -0.15) is 0 Å². The molecule has 1 unspecified atom stereocenters. The van der Waals surface area contributed by atoms with E-state index in [0.717, 1.165) is 31.2 Å². The van der Waals surface area contributed by atoms with E-state index < -0.39 is 5.97 Å². The van der Waals surface area contributed by atoms with Crippen LogP contribution in [0.25, 0.3) is 0 Å². The largest absolute Gasteiger partial charge is 0.481 e. The first-order chi connectivity index (χ1) is 8.86. The van der Waals surface area contributed by atoms with Gasteiger partial charge < -0.3 is 5.11 Å². The highest BCUT2D eigenvalue weighted by Crippen LogP contribution is 2.28. The Kier molecular flexibility index (Phi) is 5.59. The molecule has 0 aliphatic carbocycles. The Hall–Kier alpha value is -1.31. The number of carboxylic acids is 1. The summed E-state index contributed by atoms with van der Waals surface area (Å²) >= 11 is 0. The first-order valence-corrected chi connectivity index (χ1v) is 7.19. The lowest BCUT2D eigenvalue weighted by atomic mass is 9.83. The van der Waals surface area contributed by atoms with Crippen molar-refractivity contribution in [2.45, 2.75) is 64.7 Å². The van der Waals surface area contributed by atoms with E-state index in [0.29, 0.717) is 0 Å². The predicted molar refractivity (Wildman–Crippen MR) is 79.7 cm³/mol. The fraction of sp³-hybridized carbons (Fsp3) is 0.588. The van der Waals surface area contributed by atoms with Gasteiger partial charge in [0, 0.05) is 0 Å². The Balaban J connectivity index is 2.93. The Labute approximate surface area is 116 Å². The minimum Gasteiger partial charge on any atom is -0.481 e. The number of carboxylic acid groups (broad SMARTS) is 1. The predicted octanol–water partition coefficient (Wildman–Crippen LogP) is 4.73. The van der Waals surface area contributed by atoms with Gasteiger partial charge in [0.15, 0.2) is 0 Å². The number of carbonyl (C=O) groups is 1. The van der Waals surface area contributed by atoms with Gasteiger partial charge in [0.2, 0.25) is 0 Å². The van der Waals surface area contributed by atoms with Crippen molar-refractivity contribution in [3.63, 3.8) is 0 Å². The van der Waals surface area contributed by atoms with Crippen LogP contribution in [0.15, 0.2) is 24.3 Å². The summed E-state index contributed by atoms with van der Waals surface area (Å²) < 4.78 is 0. The lowest BCUT2D eigenvalue weighted by Gasteiger charge is -2.21. The zero-order valence-electron chi connectivity index (χ0n) is 12.6. The molecule has 0 heterocycles. The second-order valence-corrected chi connectivity index (χ2v) is 6.26. The van der Waals surface area contributed by atoms with Gasteiger partial charge in [0.25, 0.3) is 0 Å². The SMILES string of the molecule is CCCCCC(C(=O)O)c1cccc(C(C)(C)C)c1. The number of aliphatic carboxylic acids is 1. The van der Waals surface area contributed by atoms with E-state index in [1.165, 1.54) is 5.56 Å². The summed E-state index contributed by atoms with van der Waals surface area (Å²) in [6, 6.07) is 8.06. The number of unbranched alkanes of at least 4 members (excludes halogenated alkanes) is 2. The van der Waals surface area contributed by atoms with Crippen molar-refractivity contribution >= 4 is 5.97 Å². The summed E-state index contributed by atoms with van der Waals surface area (Å²) in [7, 11) is 0. The lowest BCUT2D eigenvalue weighted by Crippen LogP contribution is -2.15. The van der Waals surface area contributed by atoms with Crippen LogP contribution in [0, 0.1) is 0 Å². The molecular formula is C17H26O2. The van der Waals surface area contributed by atoms with Crippen molar-refractivity contribution < 1.29 is 9.90 Å². The van der Waals surface area contributed by atoms with Crippen molar-refractivity contribution in [1.29, 1.82) is 0 Å². The smallest absolute Gasteiger partial charge is 0.310 e. The molecule has 0 saturated carbocycles. The number of benzene rings is 1. The van der Waals surface area contributed by atoms with Gasteiger partial charge in [0.1, 0.15) is 0 Å². The molecule has 0 radical (unpaired) electrons. The molecule has 0 aliphatic rings. The second kappa shape index (κ2) is 6.74. The maximum atomic E-state index is 11.5. The van der Waals surface area contributed by atoms with Crippen LogP contribution in [-0.4, -0.2) is 11.1 Å². The van der Waals surface area contributed by atoms with Crippen molar-refractivity contribution in [3.8, 4) is 0 Å². The molecule has 1 N–H and O–H groups in total. The highest BCUT2D eigenvalue weighted by molar-refractivity contribution is 5.76. The summed E-state index contributed by atoms with van der Waals surface area (Å²) in [6.07, 6.45) is 3.93. The van der Waals surface area contributed by atoms with E-state index in [4.69, 9.17) is 0 Å². The maximum absolute atomic E-state index is 11.5. The van der Waals surface area contributed by atoms with Crippen LogP contribution >= 0.6 is 0 Å². The molecule has 0 amide bonds. The average Bonchev–Trinajstić information content (AvgIpc) is 2.33. The van der Waals surface area contributed by atoms with E-state index in [2.05, 4.69) is 39.8 Å². The topological polar surface area (TPSA) is 37.3 Å². The molecule has 1 rings (SSSR count). The van der Waals surface area contributed by atoms with E-state index in [9.17, 15) is 9.90 Å². The Bertz CT molecular complexity index is 416. The van der Waals surface area contributed by atoms with Gasteiger partial charge in [-0.15, -0.1) is 0 Å². The summed E-state index contributed by atoms with van der Waals surface area (Å²) in [6.45, 7) is 8.59. The van der Waals surface area contributed by atoms with E-state index in [1.807, 2.05) is 12.1 Å². The molecule has 0 saturated heterocycles. The first kappa shape index (κ1) is 15.7. The van der Waals surface area contributed by atoms with Crippen LogP contribution in [-0.2, 0) is 10.2 Å². The van der Waals surface area contributed by atoms with Crippen molar-refractivity contribution in [3.05, 3.63) is 35.4 Å². The minimum atomic E-state index is -0.706. The van der Waals surface area contributed by atoms with Gasteiger partial charge in [0.05, 0.1) is 5.92 Å². The quantitative estimate of drug-likeness (QED) is 0.752. The first-order valence-electron chi connectivity index (χ1n) is 7.19. The molecule has 0 aromatic heterocycles. The van der Waals surface area contributed by atoms with E-state index in [1.54, 1.807) is 0 Å². The van der Waals surface area contributed by atoms with E-state index in [-0.39, 0.29) is 11.3 Å². The molecule has 19 heavy (non-hydrogen) atoms. The minimum absolute atomic E-state index is 0.0580.